The molecule has 6 heteroatoms. The first-order chi connectivity index (χ1) is 11.7. The molecule has 1 N–H and O–H groups in total. The number of nitrogens with one attached hydrogen (secondary N) is 1. The number of carbonyl (C=O) groups excluding carboxylic acids is 1. The molecule has 1 unspecified atom stereocenters. The van der Waals surface area contributed by atoms with E-state index in [4.69, 9.17) is 9.47 Å². The molecule has 0 radical (unpaired) electrons. The van der Waals surface area contributed by atoms with Gasteiger partial charge in [0.15, 0.2) is 0 Å². The summed E-state index contributed by atoms with van der Waals surface area (Å²) in [4.78, 5) is 14.2. The lowest BCUT2D eigenvalue weighted by Gasteiger charge is -2.35. The number of hydrogen-bond donors (Lipinski definition) is 1. The summed E-state index contributed by atoms with van der Waals surface area (Å²) in [6.45, 7) is 4.06. The zero-order valence-electron chi connectivity index (χ0n) is 13.9. The van der Waals surface area contributed by atoms with Gasteiger partial charge < -0.3 is 14.8 Å². The molecule has 5 nitrogen and oxygen atoms in total. The van der Waals surface area contributed by atoms with E-state index in [2.05, 4.69) is 10.2 Å². The lowest BCUT2D eigenvalue weighted by Crippen LogP contribution is -2.44. The van der Waals surface area contributed by atoms with Crippen LogP contribution in [-0.2, 0) is 14.3 Å². The fourth-order valence-corrected chi connectivity index (χ4v) is 2.93. The number of ether oxygens (including phenoxy) is 2. The summed E-state index contributed by atoms with van der Waals surface area (Å²) >= 11 is 0. The Bertz CT molecular complexity index is 545. The second-order valence-electron chi connectivity index (χ2n) is 6.48. The van der Waals surface area contributed by atoms with Gasteiger partial charge in [0.2, 0.25) is 5.91 Å². The van der Waals surface area contributed by atoms with E-state index < -0.39 is 0 Å². The maximum Gasteiger partial charge on any atom is 0.246 e. The van der Waals surface area contributed by atoms with E-state index in [1.54, 1.807) is 6.07 Å². The number of hydrogen-bond acceptors (Lipinski definition) is 4. The number of nitrogens with zero attached hydrogens (tertiary/aromatic N) is 1. The van der Waals surface area contributed by atoms with Crippen LogP contribution in [0.5, 0.6) is 0 Å². The van der Waals surface area contributed by atoms with Gasteiger partial charge >= 0.3 is 0 Å². The topological polar surface area (TPSA) is 50.8 Å². The van der Waals surface area contributed by atoms with E-state index in [9.17, 15) is 9.18 Å². The highest BCUT2D eigenvalue weighted by atomic mass is 19.1. The van der Waals surface area contributed by atoms with E-state index in [-0.39, 0.29) is 24.4 Å². The van der Waals surface area contributed by atoms with Crippen LogP contribution in [0.25, 0.3) is 0 Å². The van der Waals surface area contributed by atoms with Crippen LogP contribution in [0.15, 0.2) is 24.3 Å². The molecule has 0 bridgehead atoms. The molecular formula is C18H25FN2O3. The van der Waals surface area contributed by atoms with Crippen molar-refractivity contribution in [2.45, 2.75) is 18.9 Å². The highest BCUT2D eigenvalue weighted by Crippen LogP contribution is 2.28. The molecule has 132 valence electrons. The average molecular weight is 336 g/mol. The summed E-state index contributed by atoms with van der Waals surface area (Å²) in [5.41, 5.74) is 0.871. The molecule has 2 fully saturated rings. The molecule has 1 aliphatic heterocycles. The maximum absolute atomic E-state index is 13.6. The lowest BCUT2D eigenvalue weighted by molar-refractivity contribution is -0.126. The minimum atomic E-state index is -0.259. The summed E-state index contributed by atoms with van der Waals surface area (Å²) in [6, 6.07) is 6.52. The Hall–Kier alpha value is -1.50. The summed E-state index contributed by atoms with van der Waals surface area (Å²) in [7, 11) is 0. The van der Waals surface area contributed by atoms with Crippen LogP contribution in [-0.4, -0.2) is 56.9 Å². The van der Waals surface area contributed by atoms with Gasteiger partial charge in [-0.2, -0.15) is 0 Å². The summed E-state index contributed by atoms with van der Waals surface area (Å²) in [6.07, 6.45) is 2.42. The molecule has 1 saturated heterocycles. The predicted molar refractivity (Wildman–Crippen MR) is 88.1 cm³/mol. The Morgan fingerprint density at radius 2 is 2.17 bits per heavy atom. The van der Waals surface area contributed by atoms with Crippen molar-refractivity contribution in [1.82, 2.24) is 10.2 Å². The molecule has 1 atom stereocenters. The third-order valence-corrected chi connectivity index (χ3v) is 4.50. The van der Waals surface area contributed by atoms with E-state index in [1.807, 2.05) is 6.07 Å². The molecule has 0 aromatic heterocycles. The molecule has 1 aromatic carbocycles. The monoisotopic (exact) mass is 336 g/mol. The van der Waals surface area contributed by atoms with Crippen molar-refractivity contribution in [3.05, 3.63) is 35.6 Å². The van der Waals surface area contributed by atoms with Crippen molar-refractivity contribution < 1.29 is 18.7 Å². The standard InChI is InChI=1S/C18H25FN2O3/c19-16-3-1-2-15(10-16)17(21-6-8-23-9-7-21)11-20-18(22)13-24-12-14-4-5-14/h1-3,10,14,17H,4-9,11-13H2,(H,20,22). The SMILES string of the molecule is O=C(COCC1CC1)NCC(c1cccc(F)c1)N1CCOCC1. The first-order valence-electron chi connectivity index (χ1n) is 8.64. The van der Waals surface area contributed by atoms with E-state index in [1.165, 1.54) is 25.0 Å². The third-order valence-electron chi connectivity index (χ3n) is 4.50. The van der Waals surface area contributed by atoms with Gasteiger partial charge in [0.05, 0.1) is 25.9 Å². The lowest BCUT2D eigenvalue weighted by atomic mass is 10.0. The third kappa shape index (κ3) is 5.26. The van der Waals surface area contributed by atoms with Crippen LogP contribution in [0.3, 0.4) is 0 Å². The van der Waals surface area contributed by atoms with Crippen molar-refractivity contribution in [2.24, 2.45) is 5.92 Å². The Morgan fingerprint density at radius 1 is 1.38 bits per heavy atom. The first kappa shape index (κ1) is 17.3. The van der Waals surface area contributed by atoms with Crippen LogP contribution in [0, 0.1) is 11.7 Å². The molecular weight excluding hydrogens is 311 g/mol. The highest BCUT2D eigenvalue weighted by Gasteiger charge is 2.24. The second kappa shape index (κ2) is 8.55. The predicted octanol–water partition coefficient (Wildman–Crippen LogP) is 1.74. The largest absolute Gasteiger partial charge is 0.379 e. The Kier molecular flexibility index (Phi) is 6.18. The smallest absolute Gasteiger partial charge is 0.246 e. The van der Waals surface area contributed by atoms with E-state index >= 15 is 0 Å². The fraction of sp³-hybridized carbons (Fsp3) is 0.611. The van der Waals surface area contributed by atoms with Crippen molar-refractivity contribution in [2.75, 3.05) is 46.1 Å². The quantitative estimate of drug-likeness (QED) is 0.786. The summed E-state index contributed by atoms with van der Waals surface area (Å²) in [5, 5.41) is 2.92. The van der Waals surface area contributed by atoms with Crippen molar-refractivity contribution >= 4 is 5.91 Å². The van der Waals surface area contributed by atoms with Gasteiger partial charge in [0.1, 0.15) is 12.4 Å². The number of halogens is 1. The van der Waals surface area contributed by atoms with Crippen LogP contribution >= 0.6 is 0 Å². The van der Waals surface area contributed by atoms with Gasteiger partial charge in [0, 0.05) is 19.6 Å². The van der Waals surface area contributed by atoms with Crippen LogP contribution in [0.1, 0.15) is 24.4 Å². The average Bonchev–Trinajstić information content (AvgIpc) is 3.40. The molecule has 24 heavy (non-hydrogen) atoms. The molecule has 1 saturated carbocycles. The zero-order chi connectivity index (χ0) is 16.8. The Morgan fingerprint density at radius 3 is 2.88 bits per heavy atom. The maximum atomic E-state index is 13.6. The molecule has 1 aliphatic carbocycles. The van der Waals surface area contributed by atoms with Gasteiger partial charge in [-0.05, 0) is 36.5 Å². The highest BCUT2D eigenvalue weighted by molar-refractivity contribution is 5.77. The van der Waals surface area contributed by atoms with Crippen molar-refractivity contribution in [3.63, 3.8) is 0 Å². The first-order valence-corrected chi connectivity index (χ1v) is 8.64. The molecule has 2 aliphatic rings. The Labute approximate surface area is 142 Å². The minimum absolute atomic E-state index is 0.0583. The van der Waals surface area contributed by atoms with Gasteiger partial charge in [-0.25, -0.2) is 4.39 Å². The molecule has 3 rings (SSSR count). The van der Waals surface area contributed by atoms with Gasteiger partial charge in [-0.3, -0.25) is 9.69 Å². The fourth-order valence-electron chi connectivity index (χ4n) is 2.93. The second-order valence-corrected chi connectivity index (χ2v) is 6.48. The van der Waals surface area contributed by atoms with Crippen molar-refractivity contribution in [3.8, 4) is 0 Å². The number of carbonyl (C=O) groups is 1. The molecule has 0 spiro atoms. The van der Waals surface area contributed by atoms with Crippen molar-refractivity contribution in [1.29, 1.82) is 0 Å². The number of benzene rings is 1. The molecule has 1 amide bonds. The zero-order valence-corrected chi connectivity index (χ0v) is 13.9. The number of amides is 1. The van der Waals surface area contributed by atoms with Gasteiger partial charge in [-0.1, -0.05) is 12.1 Å². The van der Waals surface area contributed by atoms with E-state index in [0.29, 0.717) is 32.3 Å². The number of rotatable bonds is 8. The summed E-state index contributed by atoms with van der Waals surface area (Å²) < 4.78 is 24.4. The van der Waals surface area contributed by atoms with Gasteiger partial charge in [-0.15, -0.1) is 0 Å². The van der Waals surface area contributed by atoms with Crippen LogP contribution < -0.4 is 5.32 Å². The number of morpholine rings is 1. The van der Waals surface area contributed by atoms with Crippen LogP contribution in [0.2, 0.25) is 0 Å². The van der Waals surface area contributed by atoms with Gasteiger partial charge in [0.25, 0.3) is 0 Å². The molecule has 1 aromatic rings. The van der Waals surface area contributed by atoms with E-state index in [0.717, 1.165) is 18.7 Å². The molecule has 1 heterocycles. The minimum Gasteiger partial charge on any atom is -0.379 e. The van der Waals surface area contributed by atoms with Crippen LogP contribution in [0.4, 0.5) is 4.39 Å². The summed E-state index contributed by atoms with van der Waals surface area (Å²) in [5.74, 6) is 0.265. The Balaban J connectivity index is 1.55. The normalized spacial score (nSPS) is 19.9.